The molecule has 1 saturated heterocycles. The van der Waals surface area contributed by atoms with E-state index >= 15 is 0 Å². The zero-order chi connectivity index (χ0) is 14.7. The molecule has 0 spiro atoms. The third-order valence-corrected chi connectivity index (χ3v) is 4.13. The van der Waals surface area contributed by atoms with E-state index < -0.39 is 0 Å². The van der Waals surface area contributed by atoms with Gasteiger partial charge in [-0.1, -0.05) is 31.5 Å². The Morgan fingerprint density at radius 1 is 1.45 bits per heavy atom. The van der Waals surface area contributed by atoms with Crippen molar-refractivity contribution in [3.05, 3.63) is 34.6 Å². The molecule has 1 aliphatic rings. The molecule has 0 bridgehead atoms. The van der Waals surface area contributed by atoms with E-state index in [0.29, 0.717) is 18.0 Å². The van der Waals surface area contributed by atoms with Crippen LogP contribution in [0.5, 0.6) is 0 Å². The standard InChI is InChI=1S/C16H24ClFN2/c1-11(2)6-14-8-19-12(3)9-20(14)10-13-4-5-16(18)15(17)7-13/h4-5,7,11-12,14,19H,6,8-10H2,1-3H3. The number of nitrogens with one attached hydrogen (secondary N) is 1. The summed E-state index contributed by atoms with van der Waals surface area (Å²) in [4.78, 5) is 2.49. The number of halogens is 2. The molecule has 2 unspecified atom stereocenters. The van der Waals surface area contributed by atoms with Crippen molar-refractivity contribution in [1.82, 2.24) is 10.2 Å². The van der Waals surface area contributed by atoms with Crippen LogP contribution in [0.2, 0.25) is 5.02 Å². The zero-order valence-electron chi connectivity index (χ0n) is 12.5. The van der Waals surface area contributed by atoms with Gasteiger partial charge in [-0.15, -0.1) is 0 Å². The fraction of sp³-hybridized carbons (Fsp3) is 0.625. The Kier molecular flexibility index (Phi) is 5.42. The molecule has 1 aliphatic heterocycles. The topological polar surface area (TPSA) is 15.3 Å². The van der Waals surface area contributed by atoms with Crippen LogP contribution in [0.4, 0.5) is 4.39 Å². The molecule has 1 heterocycles. The molecule has 1 N–H and O–H groups in total. The van der Waals surface area contributed by atoms with E-state index in [-0.39, 0.29) is 10.8 Å². The van der Waals surface area contributed by atoms with Crippen molar-refractivity contribution in [3.8, 4) is 0 Å². The van der Waals surface area contributed by atoms with Gasteiger partial charge in [0, 0.05) is 31.7 Å². The van der Waals surface area contributed by atoms with Crippen molar-refractivity contribution < 1.29 is 4.39 Å². The lowest BCUT2D eigenvalue weighted by Crippen LogP contribution is -2.55. The SMILES string of the molecule is CC(C)CC1CNC(C)CN1Cc1ccc(F)c(Cl)c1. The zero-order valence-corrected chi connectivity index (χ0v) is 13.3. The summed E-state index contributed by atoms with van der Waals surface area (Å²) in [6, 6.07) is 6.07. The summed E-state index contributed by atoms with van der Waals surface area (Å²) >= 11 is 5.88. The molecule has 0 radical (unpaired) electrons. The Labute approximate surface area is 126 Å². The first-order valence-electron chi connectivity index (χ1n) is 7.37. The van der Waals surface area contributed by atoms with Gasteiger partial charge in [-0.25, -0.2) is 4.39 Å². The Balaban J connectivity index is 2.08. The molecule has 0 aliphatic carbocycles. The van der Waals surface area contributed by atoms with Crippen LogP contribution >= 0.6 is 11.6 Å². The van der Waals surface area contributed by atoms with Crippen molar-refractivity contribution in [2.75, 3.05) is 13.1 Å². The predicted octanol–water partition coefficient (Wildman–Crippen LogP) is 3.69. The molecule has 2 rings (SSSR count). The van der Waals surface area contributed by atoms with Gasteiger partial charge in [-0.2, -0.15) is 0 Å². The maximum absolute atomic E-state index is 13.2. The van der Waals surface area contributed by atoms with Crippen LogP contribution in [-0.2, 0) is 6.54 Å². The fourth-order valence-corrected chi connectivity index (χ4v) is 3.08. The van der Waals surface area contributed by atoms with E-state index in [1.54, 1.807) is 6.07 Å². The van der Waals surface area contributed by atoms with Crippen molar-refractivity contribution in [2.45, 2.75) is 45.8 Å². The molecular weight excluding hydrogens is 275 g/mol. The number of hydrogen-bond acceptors (Lipinski definition) is 2. The summed E-state index contributed by atoms with van der Waals surface area (Å²) in [5.74, 6) is 0.331. The van der Waals surface area contributed by atoms with Gasteiger partial charge in [0.2, 0.25) is 0 Å². The third-order valence-electron chi connectivity index (χ3n) is 3.84. The Bertz CT molecular complexity index is 450. The van der Waals surface area contributed by atoms with Gasteiger partial charge < -0.3 is 5.32 Å². The fourth-order valence-electron chi connectivity index (χ4n) is 2.87. The summed E-state index contributed by atoms with van der Waals surface area (Å²) in [6.07, 6.45) is 1.18. The summed E-state index contributed by atoms with van der Waals surface area (Å²) in [6.45, 7) is 9.59. The van der Waals surface area contributed by atoms with Crippen LogP contribution in [-0.4, -0.2) is 30.1 Å². The Hall–Kier alpha value is -0.640. The predicted molar refractivity (Wildman–Crippen MR) is 82.5 cm³/mol. The molecule has 20 heavy (non-hydrogen) atoms. The van der Waals surface area contributed by atoms with Crippen molar-refractivity contribution in [3.63, 3.8) is 0 Å². The molecule has 0 amide bonds. The minimum absolute atomic E-state index is 0.214. The van der Waals surface area contributed by atoms with E-state index in [4.69, 9.17) is 11.6 Å². The lowest BCUT2D eigenvalue weighted by molar-refractivity contribution is 0.111. The quantitative estimate of drug-likeness (QED) is 0.912. The van der Waals surface area contributed by atoms with Crippen LogP contribution in [0.25, 0.3) is 0 Å². The van der Waals surface area contributed by atoms with Crippen molar-refractivity contribution in [1.29, 1.82) is 0 Å². The molecular formula is C16H24ClFN2. The number of nitrogens with zero attached hydrogens (tertiary/aromatic N) is 1. The van der Waals surface area contributed by atoms with Crippen LogP contribution in [0.3, 0.4) is 0 Å². The first kappa shape index (κ1) is 15.7. The minimum Gasteiger partial charge on any atom is -0.311 e. The van der Waals surface area contributed by atoms with E-state index in [1.807, 2.05) is 6.07 Å². The van der Waals surface area contributed by atoms with E-state index in [0.717, 1.165) is 25.2 Å². The van der Waals surface area contributed by atoms with Gasteiger partial charge in [0.25, 0.3) is 0 Å². The van der Waals surface area contributed by atoms with Crippen LogP contribution in [0.1, 0.15) is 32.8 Å². The number of hydrogen-bond donors (Lipinski definition) is 1. The van der Waals surface area contributed by atoms with Crippen LogP contribution in [0.15, 0.2) is 18.2 Å². The van der Waals surface area contributed by atoms with Gasteiger partial charge >= 0.3 is 0 Å². The maximum Gasteiger partial charge on any atom is 0.141 e. The van der Waals surface area contributed by atoms with Gasteiger partial charge in [-0.05, 0) is 37.0 Å². The smallest absolute Gasteiger partial charge is 0.141 e. The van der Waals surface area contributed by atoms with E-state index in [2.05, 4.69) is 31.0 Å². The molecule has 4 heteroatoms. The maximum atomic E-state index is 13.2. The first-order valence-corrected chi connectivity index (χ1v) is 7.75. The lowest BCUT2D eigenvalue weighted by atomic mass is 9.98. The molecule has 2 nitrogen and oxygen atoms in total. The average Bonchev–Trinajstić information content (AvgIpc) is 2.37. The summed E-state index contributed by atoms with van der Waals surface area (Å²) in [5, 5.41) is 3.76. The largest absolute Gasteiger partial charge is 0.311 e. The molecule has 1 fully saturated rings. The van der Waals surface area contributed by atoms with E-state index in [1.165, 1.54) is 12.5 Å². The Morgan fingerprint density at radius 3 is 2.85 bits per heavy atom. The highest BCUT2D eigenvalue weighted by atomic mass is 35.5. The van der Waals surface area contributed by atoms with Crippen LogP contribution in [0, 0.1) is 11.7 Å². The summed E-state index contributed by atoms with van der Waals surface area (Å²) in [5.41, 5.74) is 1.08. The van der Waals surface area contributed by atoms with Gasteiger partial charge in [-0.3, -0.25) is 4.90 Å². The summed E-state index contributed by atoms with van der Waals surface area (Å²) < 4.78 is 13.2. The monoisotopic (exact) mass is 298 g/mol. The molecule has 1 aromatic carbocycles. The second-order valence-corrected chi connectivity index (χ2v) is 6.68. The Morgan fingerprint density at radius 2 is 2.20 bits per heavy atom. The molecule has 112 valence electrons. The number of rotatable bonds is 4. The third kappa shape index (κ3) is 4.18. The van der Waals surface area contributed by atoms with Crippen molar-refractivity contribution in [2.24, 2.45) is 5.92 Å². The minimum atomic E-state index is -0.345. The average molecular weight is 299 g/mol. The van der Waals surface area contributed by atoms with E-state index in [9.17, 15) is 4.39 Å². The second-order valence-electron chi connectivity index (χ2n) is 6.27. The first-order chi connectivity index (χ1) is 9.45. The van der Waals surface area contributed by atoms with Crippen LogP contribution < -0.4 is 5.32 Å². The molecule has 1 aromatic rings. The van der Waals surface area contributed by atoms with Crippen molar-refractivity contribution >= 4 is 11.6 Å². The molecule has 2 atom stereocenters. The molecule has 0 aromatic heterocycles. The normalized spacial score (nSPS) is 24.3. The summed E-state index contributed by atoms with van der Waals surface area (Å²) in [7, 11) is 0. The number of piperazine rings is 1. The number of benzene rings is 1. The highest BCUT2D eigenvalue weighted by molar-refractivity contribution is 6.30. The highest BCUT2D eigenvalue weighted by Gasteiger charge is 2.26. The molecule has 0 saturated carbocycles. The van der Waals surface area contributed by atoms with Gasteiger partial charge in [0.1, 0.15) is 5.82 Å². The second kappa shape index (κ2) is 6.88. The lowest BCUT2D eigenvalue weighted by Gasteiger charge is -2.40. The van der Waals surface area contributed by atoms with Gasteiger partial charge in [0.05, 0.1) is 5.02 Å². The highest BCUT2D eigenvalue weighted by Crippen LogP contribution is 2.21. The van der Waals surface area contributed by atoms with Gasteiger partial charge in [0.15, 0.2) is 0 Å².